The molecule has 154 valence electrons. The zero-order valence-corrected chi connectivity index (χ0v) is 16.9. The molecule has 1 aliphatic carbocycles. The van der Waals surface area contributed by atoms with Crippen LogP contribution in [0, 0.1) is 0 Å². The van der Waals surface area contributed by atoms with Gasteiger partial charge in [0.05, 0.1) is 20.3 Å². The molecular formula is C23H28N2O4. The minimum atomic E-state index is -0.541. The SMILES string of the molecule is COc1cc2c(cc1OC)C(O)C(N1CCC(NC(=O)c3ccccc3)CC1)C2. The van der Waals surface area contributed by atoms with Crippen LogP contribution in [0.2, 0.25) is 0 Å². The molecule has 1 saturated heterocycles. The molecule has 2 aliphatic rings. The largest absolute Gasteiger partial charge is 0.493 e. The number of piperidine rings is 1. The second kappa shape index (κ2) is 8.43. The Morgan fingerprint density at radius 2 is 1.72 bits per heavy atom. The third kappa shape index (κ3) is 3.95. The van der Waals surface area contributed by atoms with E-state index in [-0.39, 0.29) is 18.0 Å². The van der Waals surface area contributed by atoms with Crippen molar-refractivity contribution in [3.8, 4) is 11.5 Å². The molecule has 2 aromatic rings. The van der Waals surface area contributed by atoms with Gasteiger partial charge in [-0.05, 0) is 54.7 Å². The number of carbonyl (C=O) groups excluding carboxylic acids is 1. The number of methoxy groups -OCH3 is 2. The summed E-state index contributed by atoms with van der Waals surface area (Å²) in [5.41, 5.74) is 2.73. The molecular weight excluding hydrogens is 368 g/mol. The van der Waals surface area contributed by atoms with Crippen LogP contribution in [-0.2, 0) is 6.42 Å². The molecule has 2 atom stereocenters. The Bertz CT molecular complexity index is 863. The Morgan fingerprint density at radius 3 is 2.38 bits per heavy atom. The number of benzene rings is 2. The van der Waals surface area contributed by atoms with Gasteiger partial charge in [0, 0.05) is 30.7 Å². The maximum absolute atomic E-state index is 12.4. The van der Waals surface area contributed by atoms with Gasteiger partial charge in [-0.15, -0.1) is 0 Å². The summed E-state index contributed by atoms with van der Waals surface area (Å²) in [5, 5.41) is 14.1. The van der Waals surface area contributed by atoms with Crippen molar-refractivity contribution in [2.45, 2.75) is 37.5 Å². The monoisotopic (exact) mass is 396 g/mol. The Balaban J connectivity index is 1.37. The number of fused-ring (bicyclic) bond motifs is 1. The van der Waals surface area contributed by atoms with Crippen LogP contribution < -0.4 is 14.8 Å². The van der Waals surface area contributed by atoms with E-state index in [4.69, 9.17) is 9.47 Å². The number of amides is 1. The van der Waals surface area contributed by atoms with Crippen LogP contribution in [0.25, 0.3) is 0 Å². The summed E-state index contributed by atoms with van der Waals surface area (Å²) < 4.78 is 10.8. The van der Waals surface area contributed by atoms with E-state index in [1.807, 2.05) is 42.5 Å². The van der Waals surface area contributed by atoms with Crippen molar-refractivity contribution in [3.63, 3.8) is 0 Å². The summed E-state index contributed by atoms with van der Waals surface area (Å²) in [6, 6.07) is 13.4. The minimum absolute atomic E-state index is 0.0171. The minimum Gasteiger partial charge on any atom is -0.493 e. The molecule has 4 rings (SSSR count). The van der Waals surface area contributed by atoms with Crippen molar-refractivity contribution in [2.24, 2.45) is 0 Å². The molecule has 2 N–H and O–H groups in total. The predicted molar refractivity (Wildman–Crippen MR) is 111 cm³/mol. The highest BCUT2D eigenvalue weighted by molar-refractivity contribution is 5.94. The third-order valence-corrected chi connectivity index (χ3v) is 6.13. The lowest BCUT2D eigenvalue weighted by atomic mass is 10.0. The van der Waals surface area contributed by atoms with E-state index in [1.54, 1.807) is 14.2 Å². The molecule has 1 amide bonds. The molecule has 0 saturated carbocycles. The number of nitrogens with zero attached hydrogens (tertiary/aromatic N) is 1. The standard InChI is InChI=1S/C23H28N2O4/c1-28-20-13-16-12-19(22(26)18(16)14-21(20)29-2)25-10-8-17(9-11-25)24-23(27)15-6-4-3-5-7-15/h3-7,13-14,17,19,22,26H,8-12H2,1-2H3,(H,24,27). The molecule has 6 nitrogen and oxygen atoms in total. The first-order valence-electron chi connectivity index (χ1n) is 10.1. The zero-order valence-electron chi connectivity index (χ0n) is 16.9. The molecule has 0 bridgehead atoms. The summed E-state index contributed by atoms with van der Waals surface area (Å²) in [7, 11) is 3.24. The lowest BCUT2D eigenvalue weighted by Gasteiger charge is -2.37. The van der Waals surface area contributed by atoms with Crippen LogP contribution in [0.1, 0.15) is 40.4 Å². The Kier molecular flexibility index (Phi) is 5.74. The molecule has 1 heterocycles. The fourth-order valence-electron chi connectivity index (χ4n) is 4.50. The molecule has 2 unspecified atom stereocenters. The number of hydrogen-bond acceptors (Lipinski definition) is 5. The lowest BCUT2D eigenvalue weighted by molar-refractivity contribution is 0.0427. The van der Waals surface area contributed by atoms with Crippen LogP contribution >= 0.6 is 0 Å². The van der Waals surface area contributed by atoms with Gasteiger partial charge in [-0.1, -0.05) is 18.2 Å². The quantitative estimate of drug-likeness (QED) is 0.813. The van der Waals surface area contributed by atoms with Gasteiger partial charge < -0.3 is 19.9 Å². The molecule has 0 radical (unpaired) electrons. The molecule has 1 fully saturated rings. The Morgan fingerprint density at radius 1 is 1.07 bits per heavy atom. The van der Waals surface area contributed by atoms with Gasteiger partial charge in [0.15, 0.2) is 11.5 Å². The smallest absolute Gasteiger partial charge is 0.251 e. The summed E-state index contributed by atoms with van der Waals surface area (Å²) in [6.07, 6.45) is 2.01. The van der Waals surface area contributed by atoms with E-state index in [0.717, 1.165) is 43.5 Å². The van der Waals surface area contributed by atoms with Gasteiger partial charge >= 0.3 is 0 Å². The van der Waals surface area contributed by atoms with Crippen LogP contribution in [0.5, 0.6) is 11.5 Å². The van der Waals surface area contributed by atoms with Crippen molar-refractivity contribution in [3.05, 3.63) is 59.2 Å². The number of hydrogen-bond donors (Lipinski definition) is 2. The first-order chi connectivity index (χ1) is 14.1. The zero-order chi connectivity index (χ0) is 20.4. The number of ether oxygens (including phenoxy) is 2. The molecule has 0 aromatic heterocycles. The highest BCUT2D eigenvalue weighted by Crippen LogP contribution is 2.41. The van der Waals surface area contributed by atoms with E-state index in [1.165, 1.54) is 0 Å². The van der Waals surface area contributed by atoms with Crippen molar-refractivity contribution >= 4 is 5.91 Å². The second-order valence-corrected chi connectivity index (χ2v) is 7.77. The Hall–Kier alpha value is -2.57. The molecule has 29 heavy (non-hydrogen) atoms. The van der Waals surface area contributed by atoms with Gasteiger partial charge in [0.25, 0.3) is 5.91 Å². The average Bonchev–Trinajstić information content (AvgIpc) is 3.09. The van der Waals surface area contributed by atoms with E-state index in [0.29, 0.717) is 17.1 Å². The van der Waals surface area contributed by atoms with Gasteiger partial charge in [-0.25, -0.2) is 0 Å². The highest BCUT2D eigenvalue weighted by Gasteiger charge is 2.37. The summed E-state index contributed by atoms with van der Waals surface area (Å²) in [4.78, 5) is 14.7. The predicted octanol–water partition coefficient (Wildman–Crippen LogP) is 2.56. The van der Waals surface area contributed by atoms with E-state index in [9.17, 15) is 9.90 Å². The van der Waals surface area contributed by atoms with Gasteiger partial charge in [-0.2, -0.15) is 0 Å². The first kappa shape index (κ1) is 19.7. The van der Waals surface area contributed by atoms with Gasteiger partial charge in [0.2, 0.25) is 0 Å². The number of rotatable bonds is 5. The van der Waals surface area contributed by atoms with Crippen molar-refractivity contribution in [2.75, 3.05) is 27.3 Å². The molecule has 2 aromatic carbocycles. The van der Waals surface area contributed by atoms with E-state index >= 15 is 0 Å². The van der Waals surface area contributed by atoms with Gasteiger partial charge in [0.1, 0.15) is 0 Å². The van der Waals surface area contributed by atoms with Crippen LogP contribution in [-0.4, -0.2) is 55.3 Å². The summed E-state index contributed by atoms with van der Waals surface area (Å²) >= 11 is 0. The average molecular weight is 396 g/mol. The number of aliphatic hydroxyl groups excluding tert-OH is 1. The lowest BCUT2D eigenvalue weighted by Crippen LogP contribution is -2.49. The van der Waals surface area contributed by atoms with Crippen LogP contribution in [0.3, 0.4) is 0 Å². The summed E-state index contributed by atoms with van der Waals surface area (Å²) in [5.74, 6) is 1.33. The van der Waals surface area contributed by atoms with Gasteiger partial charge in [-0.3, -0.25) is 9.69 Å². The summed E-state index contributed by atoms with van der Waals surface area (Å²) in [6.45, 7) is 1.70. The maximum atomic E-state index is 12.4. The number of likely N-dealkylation sites (tertiary alicyclic amines) is 1. The number of aliphatic hydroxyl groups is 1. The Labute approximate surface area is 171 Å². The van der Waals surface area contributed by atoms with Crippen LogP contribution in [0.4, 0.5) is 0 Å². The van der Waals surface area contributed by atoms with E-state index in [2.05, 4.69) is 10.2 Å². The second-order valence-electron chi connectivity index (χ2n) is 7.77. The van der Waals surface area contributed by atoms with Crippen molar-refractivity contribution in [1.82, 2.24) is 10.2 Å². The van der Waals surface area contributed by atoms with E-state index < -0.39 is 6.10 Å². The highest BCUT2D eigenvalue weighted by atomic mass is 16.5. The fourth-order valence-corrected chi connectivity index (χ4v) is 4.50. The molecule has 6 heteroatoms. The maximum Gasteiger partial charge on any atom is 0.251 e. The molecule has 0 spiro atoms. The van der Waals surface area contributed by atoms with Crippen molar-refractivity contribution in [1.29, 1.82) is 0 Å². The fraction of sp³-hybridized carbons (Fsp3) is 0.435. The topological polar surface area (TPSA) is 71.0 Å². The first-order valence-corrected chi connectivity index (χ1v) is 10.1. The third-order valence-electron chi connectivity index (χ3n) is 6.13. The normalized spacial score (nSPS) is 22.2. The van der Waals surface area contributed by atoms with Crippen LogP contribution in [0.15, 0.2) is 42.5 Å². The number of nitrogens with one attached hydrogen (secondary N) is 1. The van der Waals surface area contributed by atoms with Crippen molar-refractivity contribution < 1.29 is 19.4 Å². The molecule has 1 aliphatic heterocycles. The number of carbonyl (C=O) groups is 1.